The number of hydrogen-bond donors (Lipinski definition) is 0. The monoisotopic (exact) mass is 323 g/mol. The summed E-state index contributed by atoms with van der Waals surface area (Å²) in [4.78, 5) is 0. The molecular formula is C20H21NO3. The molecule has 0 radical (unpaired) electrons. The number of aryl methyl sites for hydroxylation is 1. The van der Waals surface area contributed by atoms with Crippen LogP contribution in [0.3, 0.4) is 0 Å². The number of benzene rings is 2. The number of nitrogens with zero attached hydrogens (tertiary/aromatic N) is 1. The quantitative estimate of drug-likeness (QED) is 0.699. The van der Waals surface area contributed by atoms with Crippen molar-refractivity contribution in [1.82, 2.24) is 4.57 Å². The fourth-order valence-electron chi connectivity index (χ4n) is 2.89. The number of para-hydroxylation sites is 1. The van der Waals surface area contributed by atoms with Crippen molar-refractivity contribution < 1.29 is 14.2 Å². The smallest absolute Gasteiger partial charge is 0.203 e. The van der Waals surface area contributed by atoms with E-state index in [-0.39, 0.29) is 0 Å². The molecule has 4 nitrogen and oxygen atoms in total. The largest absolute Gasteiger partial charge is 0.493 e. The summed E-state index contributed by atoms with van der Waals surface area (Å²) in [5, 5.41) is 1.23. The highest BCUT2D eigenvalue weighted by molar-refractivity contribution is 5.92. The lowest BCUT2D eigenvalue weighted by Gasteiger charge is -2.12. The molecule has 1 heterocycles. The van der Waals surface area contributed by atoms with Crippen LogP contribution >= 0.6 is 0 Å². The summed E-state index contributed by atoms with van der Waals surface area (Å²) < 4.78 is 18.3. The van der Waals surface area contributed by atoms with Gasteiger partial charge in [0.15, 0.2) is 11.5 Å². The van der Waals surface area contributed by atoms with E-state index in [0.29, 0.717) is 17.2 Å². The topological polar surface area (TPSA) is 32.6 Å². The van der Waals surface area contributed by atoms with E-state index in [2.05, 4.69) is 48.2 Å². The normalized spacial score (nSPS) is 11.2. The Hall–Kier alpha value is -2.88. The molecule has 0 amide bonds. The van der Waals surface area contributed by atoms with Gasteiger partial charge in [-0.3, -0.25) is 0 Å². The minimum atomic E-state index is 0.599. The fourth-order valence-corrected chi connectivity index (χ4v) is 2.89. The van der Waals surface area contributed by atoms with Crippen molar-refractivity contribution in [3.8, 4) is 17.2 Å². The lowest BCUT2D eigenvalue weighted by atomic mass is 10.1. The van der Waals surface area contributed by atoms with Crippen molar-refractivity contribution in [2.24, 2.45) is 7.05 Å². The second-order valence-electron chi connectivity index (χ2n) is 5.50. The SMILES string of the molecule is COc1cc(/C=C\c2cn(C)c3ccccc23)cc(OC)c1OC. The van der Waals surface area contributed by atoms with Crippen LogP contribution in [0.15, 0.2) is 42.6 Å². The van der Waals surface area contributed by atoms with Gasteiger partial charge in [0.25, 0.3) is 0 Å². The van der Waals surface area contributed by atoms with E-state index in [1.165, 1.54) is 16.5 Å². The third-order valence-electron chi connectivity index (χ3n) is 4.07. The van der Waals surface area contributed by atoms with E-state index < -0.39 is 0 Å². The number of rotatable bonds is 5. The molecule has 0 bridgehead atoms. The predicted octanol–water partition coefficient (Wildman–Crippen LogP) is 4.37. The maximum absolute atomic E-state index is 5.40. The molecule has 3 aromatic rings. The maximum atomic E-state index is 5.40. The third-order valence-corrected chi connectivity index (χ3v) is 4.07. The lowest BCUT2D eigenvalue weighted by Crippen LogP contribution is -1.95. The number of ether oxygens (including phenoxy) is 3. The molecule has 0 spiro atoms. The first kappa shape index (κ1) is 16.0. The van der Waals surface area contributed by atoms with Gasteiger partial charge in [0.1, 0.15) is 0 Å². The molecule has 2 aromatic carbocycles. The van der Waals surface area contributed by atoms with Gasteiger partial charge >= 0.3 is 0 Å². The van der Waals surface area contributed by atoms with Crippen molar-refractivity contribution in [3.05, 3.63) is 53.7 Å². The van der Waals surface area contributed by atoms with Crippen LogP contribution in [0.25, 0.3) is 23.1 Å². The van der Waals surface area contributed by atoms with Crippen LogP contribution in [0, 0.1) is 0 Å². The van der Waals surface area contributed by atoms with E-state index in [4.69, 9.17) is 14.2 Å². The second kappa shape index (κ2) is 6.71. The van der Waals surface area contributed by atoms with Gasteiger partial charge in [0.05, 0.1) is 21.3 Å². The molecule has 124 valence electrons. The standard InChI is InChI=1S/C20H21NO3/c1-21-13-15(16-7-5-6-8-17(16)21)10-9-14-11-18(22-2)20(24-4)19(12-14)23-3/h5-13H,1-4H3/b10-9-. The Morgan fingerprint density at radius 3 is 2.17 bits per heavy atom. The summed E-state index contributed by atoms with van der Waals surface area (Å²) in [5.41, 5.74) is 3.36. The first-order valence-electron chi connectivity index (χ1n) is 7.70. The summed E-state index contributed by atoms with van der Waals surface area (Å²) >= 11 is 0. The van der Waals surface area contributed by atoms with Crippen LogP contribution in [-0.2, 0) is 7.05 Å². The predicted molar refractivity (Wildman–Crippen MR) is 97.9 cm³/mol. The highest BCUT2D eigenvalue weighted by Gasteiger charge is 2.12. The van der Waals surface area contributed by atoms with E-state index in [0.717, 1.165) is 5.56 Å². The zero-order valence-corrected chi connectivity index (χ0v) is 14.4. The number of hydrogen-bond acceptors (Lipinski definition) is 3. The molecule has 0 N–H and O–H groups in total. The Morgan fingerprint density at radius 1 is 0.875 bits per heavy atom. The van der Waals surface area contributed by atoms with Crippen LogP contribution < -0.4 is 14.2 Å². The van der Waals surface area contributed by atoms with Crippen LogP contribution in [0.1, 0.15) is 11.1 Å². The summed E-state index contributed by atoms with van der Waals surface area (Å²) in [5.74, 6) is 1.89. The summed E-state index contributed by atoms with van der Waals surface area (Å²) in [6, 6.07) is 12.2. The number of methoxy groups -OCH3 is 3. The molecule has 4 heteroatoms. The van der Waals surface area contributed by atoms with Gasteiger partial charge in [0.2, 0.25) is 5.75 Å². The van der Waals surface area contributed by atoms with E-state index in [1.54, 1.807) is 21.3 Å². The van der Waals surface area contributed by atoms with Crippen LogP contribution in [0.2, 0.25) is 0 Å². The van der Waals surface area contributed by atoms with Gasteiger partial charge in [-0.1, -0.05) is 30.4 Å². The van der Waals surface area contributed by atoms with E-state index >= 15 is 0 Å². The molecule has 0 saturated heterocycles. The summed E-state index contributed by atoms with van der Waals surface area (Å²) in [6.07, 6.45) is 6.27. The van der Waals surface area contributed by atoms with Crippen LogP contribution in [0.4, 0.5) is 0 Å². The zero-order chi connectivity index (χ0) is 17.1. The first-order valence-corrected chi connectivity index (χ1v) is 7.70. The van der Waals surface area contributed by atoms with Crippen molar-refractivity contribution in [1.29, 1.82) is 0 Å². The third kappa shape index (κ3) is 2.83. The van der Waals surface area contributed by atoms with E-state index in [1.807, 2.05) is 18.2 Å². The van der Waals surface area contributed by atoms with Gasteiger partial charge in [-0.25, -0.2) is 0 Å². The minimum absolute atomic E-state index is 0.599. The average Bonchev–Trinajstić information content (AvgIpc) is 2.95. The Bertz CT molecular complexity index is 868. The van der Waals surface area contributed by atoms with Crippen molar-refractivity contribution in [2.45, 2.75) is 0 Å². The molecule has 3 rings (SSSR count). The highest BCUT2D eigenvalue weighted by Crippen LogP contribution is 2.38. The second-order valence-corrected chi connectivity index (χ2v) is 5.50. The molecule has 0 unspecified atom stereocenters. The molecule has 24 heavy (non-hydrogen) atoms. The molecule has 0 aliphatic carbocycles. The highest BCUT2D eigenvalue weighted by atomic mass is 16.5. The fraction of sp³-hybridized carbons (Fsp3) is 0.200. The Morgan fingerprint density at radius 2 is 1.54 bits per heavy atom. The summed E-state index contributed by atoms with van der Waals surface area (Å²) in [7, 11) is 6.90. The maximum Gasteiger partial charge on any atom is 0.203 e. The average molecular weight is 323 g/mol. The van der Waals surface area contributed by atoms with Crippen LogP contribution in [-0.4, -0.2) is 25.9 Å². The van der Waals surface area contributed by atoms with Crippen molar-refractivity contribution >= 4 is 23.1 Å². The molecule has 0 saturated carbocycles. The Kier molecular flexibility index (Phi) is 4.47. The number of fused-ring (bicyclic) bond motifs is 1. The summed E-state index contributed by atoms with van der Waals surface area (Å²) in [6.45, 7) is 0. The van der Waals surface area contributed by atoms with Crippen LogP contribution in [0.5, 0.6) is 17.2 Å². The Balaban J connectivity index is 2.02. The number of aromatic nitrogens is 1. The van der Waals surface area contributed by atoms with Crippen molar-refractivity contribution in [3.63, 3.8) is 0 Å². The van der Waals surface area contributed by atoms with Gasteiger partial charge in [-0.15, -0.1) is 0 Å². The van der Waals surface area contributed by atoms with E-state index in [9.17, 15) is 0 Å². The van der Waals surface area contributed by atoms with Gasteiger partial charge in [-0.05, 0) is 29.3 Å². The lowest BCUT2D eigenvalue weighted by molar-refractivity contribution is 0.324. The zero-order valence-electron chi connectivity index (χ0n) is 14.4. The van der Waals surface area contributed by atoms with Gasteiger partial charge in [-0.2, -0.15) is 0 Å². The molecule has 0 aliphatic heterocycles. The van der Waals surface area contributed by atoms with Crippen molar-refractivity contribution in [2.75, 3.05) is 21.3 Å². The first-order chi connectivity index (χ1) is 11.7. The molecule has 0 aliphatic rings. The molecular weight excluding hydrogens is 302 g/mol. The minimum Gasteiger partial charge on any atom is -0.493 e. The molecule has 0 fully saturated rings. The van der Waals surface area contributed by atoms with Gasteiger partial charge in [0, 0.05) is 24.1 Å². The molecule has 1 aromatic heterocycles. The van der Waals surface area contributed by atoms with Gasteiger partial charge < -0.3 is 18.8 Å². The Labute approximate surface area is 141 Å². The molecule has 0 atom stereocenters.